The standard InChI is InChI=1S/C14H25N3O3/c1-16-7-3-2-6-12(16)9-15-14(20)17-8-4-5-11(10-17)13(18)19/h11-12H,2-10H2,1H3,(H,15,20)(H,18,19). The number of nitrogens with one attached hydrogen (secondary N) is 1. The minimum absolute atomic E-state index is 0.116. The molecule has 0 aromatic rings. The van der Waals surface area contributed by atoms with Gasteiger partial charge in [-0.2, -0.15) is 0 Å². The van der Waals surface area contributed by atoms with Crippen LogP contribution in [0, 0.1) is 5.92 Å². The number of likely N-dealkylation sites (tertiary alicyclic amines) is 2. The van der Waals surface area contributed by atoms with E-state index in [2.05, 4.69) is 17.3 Å². The van der Waals surface area contributed by atoms with Crippen molar-refractivity contribution in [1.82, 2.24) is 15.1 Å². The third kappa shape index (κ3) is 3.85. The number of urea groups is 1. The second-order valence-corrected chi connectivity index (χ2v) is 5.94. The highest BCUT2D eigenvalue weighted by molar-refractivity contribution is 5.76. The Balaban J connectivity index is 1.77. The second-order valence-electron chi connectivity index (χ2n) is 5.94. The average molecular weight is 283 g/mol. The van der Waals surface area contributed by atoms with Crippen molar-refractivity contribution in [3.05, 3.63) is 0 Å². The van der Waals surface area contributed by atoms with Gasteiger partial charge in [-0.15, -0.1) is 0 Å². The lowest BCUT2D eigenvalue weighted by atomic mass is 9.98. The van der Waals surface area contributed by atoms with Gasteiger partial charge >= 0.3 is 12.0 Å². The molecule has 0 spiro atoms. The molecule has 2 fully saturated rings. The molecule has 2 aliphatic heterocycles. The number of piperidine rings is 2. The fraction of sp³-hybridized carbons (Fsp3) is 0.857. The summed E-state index contributed by atoms with van der Waals surface area (Å²) in [6.45, 7) is 2.74. The third-order valence-electron chi connectivity index (χ3n) is 4.47. The van der Waals surface area contributed by atoms with E-state index >= 15 is 0 Å². The van der Waals surface area contributed by atoms with Crippen LogP contribution in [0.4, 0.5) is 4.79 Å². The fourth-order valence-corrected chi connectivity index (χ4v) is 3.08. The lowest BCUT2D eigenvalue weighted by molar-refractivity contribution is -0.143. The number of carbonyl (C=O) groups excluding carboxylic acids is 1. The molecule has 2 unspecified atom stereocenters. The monoisotopic (exact) mass is 283 g/mol. The number of hydrogen-bond donors (Lipinski definition) is 2. The van der Waals surface area contributed by atoms with Crippen LogP contribution >= 0.6 is 0 Å². The molecule has 20 heavy (non-hydrogen) atoms. The number of hydrogen-bond acceptors (Lipinski definition) is 3. The van der Waals surface area contributed by atoms with Crippen molar-refractivity contribution in [3.8, 4) is 0 Å². The lowest BCUT2D eigenvalue weighted by Gasteiger charge is -2.34. The van der Waals surface area contributed by atoms with Crippen molar-refractivity contribution in [3.63, 3.8) is 0 Å². The molecule has 2 aliphatic rings. The molecule has 0 saturated carbocycles. The van der Waals surface area contributed by atoms with Crippen LogP contribution in [-0.2, 0) is 4.79 Å². The zero-order chi connectivity index (χ0) is 14.5. The summed E-state index contributed by atoms with van der Waals surface area (Å²) in [6.07, 6.45) is 5.01. The van der Waals surface area contributed by atoms with Crippen LogP contribution in [-0.4, -0.2) is 66.2 Å². The van der Waals surface area contributed by atoms with Crippen LogP contribution in [0.15, 0.2) is 0 Å². The molecule has 0 radical (unpaired) electrons. The number of carboxylic acid groups (broad SMARTS) is 1. The van der Waals surface area contributed by atoms with Gasteiger partial charge < -0.3 is 20.2 Å². The van der Waals surface area contributed by atoms with Crippen molar-refractivity contribution >= 4 is 12.0 Å². The van der Waals surface area contributed by atoms with Crippen LogP contribution in [0.25, 0.3) is 0 Å². The van der Waals surface area contributed by atoms with E-state index in [1.165, 1.54) is 12.8 Å². The van der Waals surface area contributed by atoms with E-state index in [9.17, 15) is 9.59 Å². The zero-order valence-electron chi connectivity index (χ0n) is 12.2. The maximum absolute atomic E-state index is 12.1. The summed E-state index contributed by atoms with van der Waals surface area (Å²) in [6, 6.07) is 0.294. The van der Waals surface area contributed by atoms with E-state index in [-0.39, 0.29) is 6.03 Å². The average Bonchev–Trinajstić information content (AvgIpc) is 2.46. The summed E-state index contributed by atoms with van der Waals surface area (Å²) in [5.74, 6) is -1.21. The summed E-state index contributed by atoms with van der Waals surface area (Å²) in [5.41, 5.74) is 0. The largest absolute Gasteiger partial charge is 0.481 e. The molecule has 2 heterocycles. The molecule has 2 rings (SSSR count). The van der Waals surface area contributed by atoms with Crippen LogP contribution in [0.1, 0.15) is 32.1 Å². The molecule has 2 saturated heterocycles. The molecular formula is C14H25N3O3. The van der Waals surface area contributed by atoms with Gasteiger partial charge in [0.25, 0.3) is 0 Å². The predicted molar refractivity (Wildman–Crippen MR) is 75.6 cm³/mol. The van der Waals surface area contributed by atoms with Crippen molar-refractivity contribution in [2.24, 2.45) is 5.92 Å². The van der Waals surface area contributed by atoms with Gasteiger partial charge in [0.1, 0.15) is 0 Å². The molecule has 0 aliphatic carbocycles. The molecule has 2 N–H and O–H groups in total. The number of carboxylic acids is 1. The van der Waals surface area contributed by atoms with E-state index in [1.807, 2.05) is 0 Å². The maximum Gasteiger partial charge on any atom is 0.317 e. The quantitative estimate of drug-likeness (QED) is 0.810. The lowest BCUT2D eigenvalue weighted by Crippen LogP contribution is -2.51. The number of nitrogens with zero attached hydrogens (tertiary/aromatic N) is 2. The highest BCUT2D eigenvalue weighted by Gasteiger charge is 2.28. The SMILES string of the molecule is CN1CCCCC1CNC(=O)N1CCCC(C(=O)O)C1. The first-order valence-corrected chi connectivity index (χ1v) is 7.53. The van der Waals surface area contributed by atoms with Gasteiger partial charge in [-0.05, 0) is 39.3 Å². The Morgan fingerprint density at radius 2 is 2.00 bits per heavy atom. The summed E-state index contributed by atoms with van der Waals surface area (Å²) >= 11 is 0. The van der Waals surface area contributed by atoms with Crippen molar-refractivity contribution < 1.29 is 14.7 Å². The van der Waals surface area contributed by atoms with Gasteiger partial charge in [0.2, 0.25) is 0 Å². The number of rotatable bonds is 3. The van der Waals surface area contributed by atoms with E-state index in [4.69, 9.17) is 5.11 Å². The Bertz CT molecular complexity index is 362. The smallest absolute Gasteiger partial charge is 0.317 e. The first kappa shape index (κ1) is 15.1. The first-order chi connectivity index (χ1) is 9.58. The molecule has 2 amide bonds. The van der Waals surface area contributed by atoms with Gasteiger partial charge in [0.15, 0.2) is 0 Å². The number of aliphatic carboxylic acids is 1. The summed E-state index contributed by atoms with van der Waals surface area (Å²) in [7, 11) is 2.09. The number of amides is 2. The molecule has 6 nitrogen and oxygen atoms in total. The van der Waals surface area contributed by atoms with E-state index in [1.54, 1.807) is 4.90 Å². The van der Waals surface area contributed by atoms with Gasteiger partial charge in [-0.25, -0.2) is 4.79 Å². The maximum atomic E-state index is 12.1. The van der Waals surface area contributed by atoms with Gasteiger partial charge in [0, 0.05) is 25.7 Å². The van der Waals surface area contributed by atoms with Crippen LogP contribution in [0.3, 0.4) is 0 Å². The molecule has 0 aromatic carbocycles. The molecule has 6 heteroatoms. The molecule has 2 atom stereocenters. The van der Waals surface area contributed by atoms with Crippen molar-refractivity contribution in [2.75, 3.05) is 33.2 Å². The van der Waals surface area contributed by atoms with Crippen molar-refractivity contribution in [1.29, 1.82) is 0 Å². The third-order valence-corrected chi connectivity index (χ3v) is 4.47. The predicted octanol–water partition coefficient (Wildman–Crippen LogP) is 0.977. The van der Waals surface area contributed by atoms with Gasteiger partial charge in [0.05, 0.1) is 5.92 Å². The Hall–Kier alpha value is -1.30. The number of carbonyl (C=O) groups is 2. The minimum atomic E-state index is -0.797. The fourth-order valence-electron chi connectivity index (χ4n) is 3.08. The summed E-state index contributed by atoms with van der Waals surface area (Å²) < 4.78 is 0. The van der Waals surface area contributed by atoms with Crippen LogP contribution in [0.5, 0.6) is 0 Å². The normalized spacial score (nSPS) is 28.1. The van der Waals surface area contributed by atoms with Crippen molar-refractivity contribution in [2.45, 2.75) is 38.1 Å². The Morgan fingerprint density at radius 3 is 2.70 bits per heavy atom. The number of likely N-dealkylation sites (N-methyl/N-ethyl adjacent to an activating group) is 1. The second kappa shape index (κ2) is 6.92. The Labute approximate surface area is 120 Å². The summed E-state index contributed by atoms with van der Waals surface area (Å²) in [5, 5.41) is 12.0. The summed E-state index contributed by atoms with van der Waals surface area (Å²) in [4.78, 5) is 27.1. The minimum Gasteiger partial charge on any atom is -0.481 e. The molecule has 0 bridgehead atoms. The van der Waals surface area contributed by atoms with E-state index < -0.39 is 11.9 Å². The van der Waals surface area contributed by atoms with Crippen LogP contribution in [0.2, 0.25) is 0 Å². The topological polar surface area (TPSA) is 72.9 Å². The van der Waals surface area contributed by atoms with Gasteiger partial charge in [-0.1, -0.05) is 6.42 Å². The van der Waals surface area contributed by atoms with E-state index in [0.29, 0.717) is 32.1 Å². The Morgan fingerprint density at radius 1 is 1.20 bits per heavy atom. The Kier molecular flexibility index (Phi) is 5.23. The highest BCUT2D eigenvalue weighted by Crippen LogP contribution is 2.17. The molecule has 0 aromatic heterocycles. The first-order valence-electron chi connectivity index (χ1n) is 7.53. The highest BCUT2D eigenvalue weighted by atomic mass is 16.4. The van der Waals surface area contributed by atoms with Gasteiger partial charge in [-0.3, -0.25) is 4.79 Å². The van der Waals surface area contributed by atoms with E-state index in [0.717, 1.165) is 19.4 Å². The molecule has 114 valence electrons. The zero-order valence-corrected chi connectivity index (χ0v) is 12.2. The van der Waals surface area contributed by atoms with Crippen LogP contribution < -0.4 is 5.32 Å². The molecular weight excluding hydrogens is 258 g/mol.